The van der Waals surface area contributed by atoms with Gasteiger partial charge in [-0.2, -0.15) is 0 Å². The highest BCUT2D eigenvalue weighted by Crippen LogP contribution is 2.39. The third kappa shape index (κ3) is 1.62. The highest BCUT2D eigenvalue weighted by molar-refractivity contribution is 5.74. The van der Waals surface area contributed by atoms with Crippen LogP contribution in [0.1, 0.15) is 43.2 Å². The largest absolute Gasteiger partial charge is 0.0760 e. The van der Waals surface area contributed by atoms with Gasteiger partial charge in [0, 0.05) is 0 Å². The van der Waals surface area contributed by atoms with Crippen molar-refractivity contribution in [3.63, 3.8) is 0 Å². The highest BCUT2D eigenvalue weighted by Gasteiger charge is 2.23. The molecule has 0 aliphatic heterocycles. The Kier molecular flexibility index (Phi) is 2.36. The fourth-order valence-electron chi connectivity index (χ4n) is 3.11. The standard InChI is InChI=1S/C15H18/c1-2-6-12(7-3-1)15-11-10-13-8-4-5-9-14(13)15/h4-5,8-9,11-12H,1-3,6-7,10H2. The van der Waals surface area contributed by atoms with E-state index in [0.717, 1.165) is 5.92 Å². The third-order valence-electron chi connectivity index (χ3n) is 3.92. The minimum Gasteiger partial charge on any atom is -0.0760 e. The van der Waals surface area contributed by atoms with Crippen molar-refractivity contribution in [2.24, 2.45) is 5.92 Å². The number of benzene rings is 1. The minimum atomic E-state index is 0.863. The Bertz CT molecular complexity index is 381. The van der Waals surface area contributed by atoms with Crippen molar-refractivity contribution in [2.75, 3.05) is 0 Å². The van der Waals surface area contributed by atoms with Gasteiger partial charge >= 0.3 is 0 Å². The van der Waals surface area contributed by atoms with E-state index in [9.17, 15) is 0 Å². The molecule has 0 N–H and O–H groups in total. The summed E-state index contributed by atoms with van der Waals surface area (Å²) in [5.41, 5.74) is 4.74. The topological polar surface area (TPSA) is 0 Å². The minimum absolute atomic E-state index is 0.863. The summed E-state index contributed by atoms with van der Waals surface area (Å²) in [5, 5.41) is 0. The molecule has 0 spiro atoms. The first-order valence-electron chi connectivity index (χ1n) is 6.23. The van der Waals surface area contributed by atoms with E-state index in [1.54, 1.807) is 11.1 Å². The lowest BCUT2D eigenvalue weighted by Crippen LogP contribution is -2.07. The predicted molar refractivity (Wildman–Crippen MR) is 64.7 cm³/mol. The van der Waals surface area contributed by atoms with Crippen molar-refractivity contribution in [3.05, 3.63) is 41.5 Å². The van der Waals surface area contributed by atoms with Crippen LogP contribution in [0.5, 0.6) is 0 Å². The smallest absolute Gasteiger partial charge is 0.00853 e. The molecule has 0 radical (unpaired) electrons. The van der Waals surface area contributed by atoms with E-state index in [-0.39, 0.29) is 0 Å². The molecule has 1 aromatic rings. The normalized spacial score (nSPS) is 21.2. The van der Waals surface area contributed by atoms with E-state index in [4.69, 9.17) is 0 Å². The van der Waals surface area contributed by atoms with Crippen molar-refractivity contribution in [1.29, 1.82) is 0 Å². The van der Waals surface area contributed by atoms with Crippen molar-refractivity contribution in [2.45, 2.75) is 38.5 Å². The number of rotatable bonds is 1. The molecule has 78 valence electrons. The van der Waals surface area contributed by atoms with Crippen LogP contribution in [0.15, 0.2) is 30.3 Å². The molecule has 0 amide bonds. The summed E-state index contributed by atoms with van der Waals surface area (Å²) in [7, 11) is 0. The van der Waals surface area contributed by atoms with Gasteiger partial charge in [-0.25, -0.2) is 0 Å². The summed E-state index contributed by atoms with van der Waals surface area (Å²) in [6.45, 7) is 0. The van der Waals surface area contributed by atoms with Crippen molar-refractivity contribution < 1.29 is 0 Å². The van der Waals surface area contributed by atoms with Gasteiger partial charge in [-0.15, -0.1) is 0 Å². The average Bonchev–Trinajstić information content (AvgIpc) is 2.74. The maximum atomic E-state index is 2.47. The molecule has 2 aliphatic rings. The van der Waals surface area contributed by atoms with Crippen molar-refractivity contribution in [3.8, 4) is 0 Å². The van der Waals surface area contributed by atoms with Gasteiger partial charge in [0.25, 0.3) is 0 Å². The van der Waals surface area contributed by atoms with E-state index >= 15 is 0 Å². The fourth-order valence-corrected chi connectivity index (χ4v) is 3.11. The molecule has 0 nitrogen and oxygen atoms in total. The first-order chi connectivity index (χ1) is 7.45. The first-order valence-corrected chi connectivity index (χ1v) is 6.23. The van der Waals surface area contributed by atoms with E-state index in [2.05, 4.69) is 30.3 Å². The number of allylic oxidation sites excluding steroid dienone is 2. The number of hydrogen-bond donors (Lipinski definition) is 0. The molecule has 3 rings (SSSR count). The SMILES string of the molecule is C1=C(C2CCCCC2)c2ccccc2C1. The van der Waals surface area contributed by atoms with Crippen LogP contribution in [0.2, 0.25) is 0 Å². The van der Waals surface area contributed by atoms with Crippen LogP contribution >= 0.6 is 0 Å². The lowest BCUT2D eigenvalue weighted by atomic mass is 9.82. The summed E-state index contributed by atoms with van der Waals surface area (Å²) in [6, 6.07) is 8.93. The summed E-state index contributed by atoms with van der Waals surface area (Å²) in [4.78, 5) is 0. The molecule has 0 heteroatoms. The van der Waals surface area contributed by atoms with Crippen LogP contribution in [0.25, 0.3) is 5.57 Å². The quantitative estimate of drug-likeness (QED) is 0.634. The summed E-state index contributed by atoms with van der Waals surface area (Å²) >= 11 is 0. The van der Waals surface area contributed by atoms with Crippen LogP contribution in [0, 0.1) is 5.92 Å². The zero-order chi connectivity index (χ0) is 10.1. The molecular formula is C15H18. The Morgan fingerprint density at radius 1 is 0.933 bits per heavy atom. The Morgan fingerprint density at radius 3 is 2.60 bits per heavy atom. The number of hydrogen-bond acceptors (Lipinski definition) is 0. The Hall–Kier alpha value is -1.04. The second kappa shape index (κ2) is 3.84. The van der Waals surface area contributed by atoms with Crippen LogP contribution in [-0.4, -0.2) is 0 Å². The van der Waals surface area contributed by atoms with Crippen molar-refractivity contribution >= 4 is 5.57 Å². The zero-order valence-corrected chi connectivity index (χ0v) is 9.21. The van der Waals surface area contributed by atoms with Gasteiger partial charge in [-0.1, -0.05) is 49.6 Å². The van der Waals surface area contributed by atoms with E-state index in [1.807, 2.05) is 0 Å². The molecule has 15 heavy (non-hydrogen) atoms. The van der Waals surface area contributed by atoms with Gasteiger partial charge in [0.15, 0.2) is 0 Å². The van der Waals surface area contributed by atoms with Gasteiger partial charge in [-0.3, -0.25) is 0 Å². The Morgan fingerprint density at radius 2 is 1.73 bits per heavy atom. The average molecular weight is 198 g/mol. The molecule has 1 fully saturated rings. The molecule has 0 saturated heterocycles. The number of fused-ring (bicyclic) bond motifs is 1. The maximum Gasteiger partial charge on any atom is -0.00853 e. The molecule has 0 bridgehead atoms. The fraction of sp³-hybridized carbons (Fsp3) is 0.467. The van der Waals surface area contributed by atoms with Gasteiger partial charge in [0.05, 0.1) is 0 Å². The lowest BCUT2D eigenvalue weighted by molar-refractivity contribution is 0.429. The molecule has 0 heterocycles. The van der Waals surface area contributed by atoms with Crippen molar-refractivity contribution in [1.82, 2.24) is 0 Å². The molecule has 0 aromatic heterocycles. The molecular weight excluding hydrogens is 180 g/mol. The third-order valence-corrected chi connectivity index (χ3v) is 3.92. The molecule has 0 unspecified atom stereocenters. The molecule has 2 aliphatic carbocycles. The summed E-state index contributed by atoms with van der Waals surface area (Å²) in [6.07, 6.45) is 10.8. The Balaban J connectivity index is 1.89. The molecule has 1 saturated carbocycles. The van der Waals surface area contributed by atoms with Crippen LogP contribution in [-0.2, 0) is 6.42 Å². The van der Waals surface area contributed by atoms with Crippen LogP contribution in [0.3, 0.4) is 0 Å². The van der Waals surface area contributed by atoms with Gasteiger partial charge in [0.1, 0.15) is 0 Å². The second-order valence-corrected chi connectivity index (χ2v) is 4.86. The van der Waals surface area contributed by atoms with E-state index in [1.165, 1.54) is 44.1 Å². The predicted octanol–water partition coefficient (Wildman–Crippen LogP) is 4.21. The summed E-state index contributed by atoms with van der Waals surface area (Å²) in [5.74, 6) is 0.863. The van der Waals surface area contributed by atoms with Crippen LogP contribution in [0.4, 0.5) is 0 Å². The first kappa shape index (κ1) is 9.21. The Labute approximate surface area is 92.0 Å². The molecule has 0 atom stereocenters. The van der Waals surface area contributed by atoms with Gasteiger partial charge in [0.2, 0.25) is 0 Å². The van der Waals surface area contributed by atoms with E-state index < -0.39 is 0 Å². The highest BCUT2D eigenvalue weighted by atomic mass is 14.3. The van der Waals surface area contributed by atoms with Gasteiger partial charge in [-0.05, 0) is 41.9 Å². The zero-order valence-electron chi connectivity index (χ0n) is 9.21. The van der Waals surface area contributed by atoms with Gasteiger partial charge < -0.3 is 0 Å². The monoisotopic (exact) mass is 198 g/mol. The van der Waals surface area contributed by atoms with E-state index in [0.29, 0.717) is 0 Å². The van der Waals surface area contributed by atoms with Crippen LogP contribution < -0.4 is 0 Å². The lowest BCUT2D eigenvalue weighted by Gasteiger charge is -2.23. The maximum absolute atomic E-state index is 2.47. The molecule has 1 aromatic carbocycles. The summed E-state index contributed by atoms with van der Waals surface area (Å²) < 4.78 is 0. The second-order valence-electron chi connectivity index (χ2n) is 4.86.